The average molecular weight is 435 g/mol. The second kappa shape index (κ2) is 7.21. The van der Waals surface area contributed by atoms with E-state index in [4.69, 9.17) is 11.6 Å². The highest BCUT2D eigenvalue weighted by atomic mass is 35.5. The Kier molecular flexibility index (Phi) is 4.94. The van der Waals surface area contributed by atoms with Crippen molar-refractivity contribution >= 4 is 23.3 Å². The number of carbonyl (C=O) groups excluding carboxylic acids is 2. The molecule has 7 nitrogen and oxygen atoms in total. The van der Waals surface area contributed by atoms with Crippen LogP contribution in [0, 0.1) is 5.82 Å². The molecule has 0 bridgehead atoms. The van der Waals surface area contributed by atoms with Crippen molar-refractivity contribution in [1.82, 2.24) is 9.47 Å². The molecule has 0 atom stereocenters. The lowest BCUT2D eigenvalue weighted by Gasteiger charge is -2.52. The van der Waals surface area contributed by atoms with Gasteiger partial charge in [0, 0.05) is 26.2 Å². The van der Waals surface area contributed by atoms with Crippen LogP contribution in [-0.2, 0) is 12.0 Å². The second-order valence-corrected chi connectivity index (χ2v) is 8.43. The van der Waals surface area contributed by atoms with Crippen LogP contribution in [0.2, 0.25) is 5.02 Å². The third kappa shape index (κ3) is 3.11. The SMILES string of the molecule is CN1CC2(CC(O)C2)n2cc(C(=O)CCc3cccc(Cl)c3F)c(=O)c(O)c2C1=O. The maximum Gasteiger partial charge on any atom is 0.274 e. The molecule has 0 saturated heterocycles. The molecular weight excluding hydrogens is 415 g/mol. The normalized spacial score (nSPS) is 22.7. The zero-order chi connectivity index (χ0) is 21.8. The summed E-state index contributed by atoms with van der Waals surface area (Å²) in [5.41, 5.74) is -1.82. The van der Waals surface area contributed by atoms with Crippen LogP contribution in [-0.4, -0.2) is 51.1 Å². The Hall–Kier alpha value is -2.71. The van der Waals surface area contributed by atoms with Gasteiger partial charge in [-0.15, -0.1) is 0 Å². The van der Waals surface area contributed by atoms with Crippen molar-refractivity contribution in [2.75, 3.05) is 13.6 Å². The van der Waals surface area contributed by atoms with E-state index in [0.717, 1.165) is 0 Å². The van der Waals surface area contributed by atoms with Crippen LogP contribution in [0.25, 0.3) is 0 Å². The molecule has 2 heterocycles. The molecule has 2 aliphatic rings. The van der Waals surface area contributed by atoms with Crippen LogP contribution < -0.4 is 5.43 Å². The van der Waals surface area contributed by atoms with E-state index >= 15 is 0 Å². The fourth-order valence-corrected chi connectivity index (χ4v) is 4.61. The number of pyridine rings is 1. The van der Waals surface area contributed by atoms with Gasteiger partial charge in [-0.2, -0.15) is 0 Å². The van der Waals surface area contributed by atoms with E-state index in [0.29, 0.717) is 19.4 Å². The molecule has 1 spiro atoms. The number of aryl methyl sites for hydroxylation is 1. The van der Waals surface area contributed by atoms with Crippen molar-refractivity contribution < 1.29 is 24.2 Å². The zero-order valence-corrected chi connectivity index (χ0v) is 16.9. The van der Waals surface area contributed by atoms with Crippen molar-refractivity contribution in [3.05, 3.63) is 62.3 Å². The number of carbonyl (C=O) groups is 2. The lowest BCUT2D eigenvalue weighted by atomic mass is 9.72. The molecule has 1 aromatic carbocycles. The van der Waals surface area contributed by atoms with E-state index in [2.05, 4.69) is 0 Å². The highest BCUT2D eigenvalue weighted by Gasteiger charge is 2.51. The largest absolute Gasteiger partial charge is 0.503 e. The fraction of sp³-hybridized carbons (Fsp3) is 0.381. The summed E-state index contributed by atoms with van der Waals surface area (Å²) in [4.78, 5) is 39.4. The number of amides is 1. The molecule has 2 aromatic rings. The number of Topliss-reactive ketones (excluding diaryl/α,β-unsaturated/α-hetero) is 1. The number of ketones is 1. The molecule has 2 N–H and O–H groups in total. The Balaban J connectivity index is 1.71. The molecule has 0 unspecified atom stereocenters. The van der Waals surface area contributed by atoms with Crippen LogP contribution in [0.4, 0.5) is 4.39 Å². The summed E-state index contributed by atoms with van der Waals surface area (Å²) in [6.07, 6.45) is 1.26. The molecule has 30 heavy (non-hydrogen) atoms. The minimum atomic E-state index is -0.934. The van der Waals surface area contributed by atoms with E-state index in [1.807, 2.05) is 0 Å². The molecule has 0 radical (unpaired) electrons. The van der Waals surface area contributed by atoms with E-state index in [-0.39, 0.29) is 34.7 Å². The fourth-order valence-electron chi connectivity index (χ4n) is 4.42. The van der Waals surface area contributed by atoms with Crippen molar-refractivity contribution in [1.29, 1.82) is 0 Å². The smallest absolute Gasteiger partial charge is 0.274 e. The molecule has 1 aliphatic carbocycles. The molecule has 9 heteroatoms. The first kappa shape index (κ1) is 20.6. The van der Waals surface area contributed by atoms with Gasteiger partial charge in [0.05, 0.1) is 22.2 Å². The standard InChI is InChI=1S/C21H20ClFN2O5/c1-24-10-21(7-12(26)8-21)25-9-13(18(28)19(29)17(25)20(24)30)15(27)6-5-11-3-2-4-14(22)16(11)23/h2-4,9,12,26,29H,5-8,10H2,1H3. The summed E-state index contributed by atoms with van der Waals surface area (Å²) in [6, 6.07) is 4.47. The van der Waals surface area contributed by atoms with Gasteiger partial charge in [0.25, 0.3) is 5.91 Å². The molecule has 1 aromatic heterocycles. The average Bonchev–Trinajstić information content (AvgIpc) is 2.67. The maximum atomic E-state index is 14.1. The number of benzene rings is 1. The number of aromatic hydroxyl groups is 1. The summed E-state index contributed by atoms with van der Waals surface area (Å²) < 4.78 is 15.5. The van der Waals surface area contributed by atoms with Crippen LogP contribution in [0.1, 0.15) is 45.7 Å². The van der Waals surface area contributed by atoms with Crippen molar-refractivity contribution in [2.45, 2.75) is 37.3 Å². The summed E-state index contributed by atoms with van der Waals surface area (Å²) in [7, 11) is 1.56. The highest BCUT2D eigenvalue weighted by molar-refractivity contribution is 6.30. The first-order valence-electron chi connectivity index (χ1n) is 9.53. The Morgan fingerprint density at radius 3 is 2.70 bits per heavy atom. The van der Waals surface area contributed by atoms with Gasteiger partial charge in [-0.25, -0.2) is 4.39 Å². The number of nitrogens with zero attached hydrogens (tertiary/aromatic N) is 2. The Bertz CT molecular complexity index is 1120. The zero-order valence-electron chi connectivity index (χ0n) is 16.2. The summed E-state index contributed by atoms with van der Waals surface area (Å²) >= 11 is 5.76. The molecule has 1 aliphatic heterocycles. The van der Waals surface area contributed by atoms with Crippen LogP contribution in [0.3, 0.4) is 0 Å². The number of rotatable bonds is 4. The van der Waals surface area contributed by atoms with Crippen LogP contribution >= 0.6 is 11.6 Å². The van der Waals surface area contributed by atoms with Gasteiger partial charge in [-0.1, -0.05) is 23.7 Å². The molecule has 4 rings (SSSR count). The highest BCUT2D eigenvalue weighted by Crippen LogP contribution is 2.44. The number of likely N-dealkylation sites (N-methyl/N-ethyl adjacent to an activating group) is 1. The van der Waals surface area contributed by atoms with Gasteiger partial charge >= 0.3 is 0 Å². The number of aliphatic hydroxyl groups is 1. The lowest BCUT2D eigenvalue weighted by Crippen LogP contribution is -2.61. The van der Waals surface area contributed by atoms with Gasteiger partial charge in [0.2, 0.25) is 5.43 Å². The van der Waals surface area contributed by atoms with Gasteiger partial charge in [-0.3, -0.25) is 14.4 Å². The van der Waals surface area contributed by atoms with E-state index < -0.39 is 40.3 Å². The Labute approximate surface area is 176 Å². The van der Waals surface area contributed by atoms with Crippen molar-refractivity contribution in [3.8, 4) is 5.75 Å². The van der Waals surface area contributed by atoms with Crippen LogP contribution in [0.15, 0.2) is 29.2 Å². The molecule has 1 amide bonds. The lowest BCUT2D eigenvalue weighted by molar-refractivity contribution is -0.0453. The van der Waals surface area contributed by atoms with Gasteiger partial charge in [0.1, 0.15) is 5.82 Å². The van der Waals surface area contributed by atoms with Gasteiger partial charge < -0.3 is 19.7 Å². The van der Waals surface area contributed by atoms with Gasteiger partial charge in [0.15, 0.2) is 17.2 Å². The maximum absolute atomic E-state index is 14.1. The first-order valence-corrected chi connectivity index (χ1v) is 9.91. The Morgan fingerprint density at radius 1 is 1.33 bits per heavy atom. The molecular formula is C21H20ClFN2O5. The van der Waals surface area contributed by atoms with Crippen LogP contribution in [0.5, 0.6) is 5.75 Å². The second-order valence-electron chi connectivity index (χ2n) is 8.02. The van der Waals surface area contributed by atoms with Crippen molar-refractivity contribution in [3.63, 3.8) is 0 Å². The monoisotopic (exact) mass is 434 g/mol. The third-order valence-corrected chi connectivity index (χ3v) is 6.25. The summed E-state index contributed by atoms with van der Waals surface area (Å²) in [5, 5.41) is 20.3. The van der Waals surface area contributed by atoms with E-state index in [1.54, 1.807) is 13.1 Å². The predicted octanol–water partition coefficient (Wildman–Crippen LogP) is 2.10. The summed E-state index contributed by atoms with van der Waals surface area (Å²) in [6.45, 7) is 0.291. The quantitative estimate of drug-likeness (QED) is 0.718. The van der Waals surface area contributed by atoms with E-state index in [9.17, 15) is 29.0 Å². The minimum Gasteiger partial charge on any atom is -0.503 e. The predicted molar refractivity (Wildman–Crippen MR) is 107 cm³/mol. The number of fused-ring (bicyclic) bond motifs is 2. The Morgan fingerprint density at radius 2 is 2.03 bits per heavy atom. The minimum absolute atomic E-state index is 0.0265. The number of hydrogen-bond donors (Lipinski definition) is 2. The third-order valence-electron chi connectivity index (χ3n) is 5.96. The van der Waals surface area contributed by atoms with Crippen molar-refractivity contribution in [2.24, 2.45) is 0 Å². The summed E-state index contributed by atoms with van der Waals surface area (Å²) in [5.74, 6) is -2.51. The van der Waals surface area contributed by atoms with Gasteiger partial charge in [-0.05, 0) is 30.9 Å². The number of hydrogen-bond acceptors (Lipinski definition) is 5. The molecule has 1 fully saturated rings. The number of halogens is 2. The number of aliphatic hydroxyl groups excluding tert-OH is 1. The first-order chi connectivity index (χ1) is 14.1. The van der Waals surface area contributed by atoms with E-state index in [1.165, 1.54) is 27.8 Å². The molecule has 1 saturated carbocycles. The topological polar surface area (TPSA) is 99.8 Å². The molecule has 158 valence electrons. The number of aromatic nitrogens is 1.